The second-order valence-electron chi connectivity index (χ2n) is 7.08. The van der Waals surface area contributed by atoms with Gasteiger partial charge in [-0.3, -0.25) is 29.9 Å². The molecule has 0 aliphatic carbocycles. The normalized spacial score (nSPS) is 11.2. The predicted molar refractivity (Wildman–Crippen MR) is 137 cm³/mol. The van der Waals surface area contributed by atoms with Crippen LogP contribution in [-0.2, 0) is 9.53 Å². The summed E-state index contributed by atoms with van der Waals surface area (Å²) >= 11 is 11.7. The van der Waals surface area contributed by atoms with E-state index in [0.717, 1.165) is 36.3 Å². The van der Waals surface area contributed by atoms with Gasteiger partial charge in [-0.1, -0.05) is 23.2 Å². The number of rotatable bonds is 10. The van der Waals surface area contributed by atoms with Crippen LogP contribution in [0.1, 0.15) is 20.8 Å². The minimum Gasteiger partial charge on any atom is -0.466 e. The van der Waals surface area contributed by atoms with E-state index < -0.39 is 9.85 Å². The Morgan fingerprint density at radius 1 is 1.00 bits per heavy atom. The summed E-state index contributed by atoms with van der Waals surface area (Å²) in [5.74, 6) is -0.280. The highest BCUT2D eigenvalue weighted by molar-refractivity contribution is 6.33. The molecule has 14 heteroatoms. The average Bonchev–Trinajstić information content (AvgIpc) is 2.87. The highest BCUT2D eigenvalue weighted by Gasteiger charge is 2.17. The van der Waals surface area contributed by atoms with Gasteiger partial charge in [-0.2, -0.15) is 0 Å². The third-order valence-electron chi connectivity index (χ3n) is 5.21. The lowest BCUT2D eigenvalue weighted by molar-refractivity contribution is -0.874. The van der Waals surface area contributed by atoms with Gasteiger partial charge in [0.15, 0.2) is 0 Å². The highest BCUT2D eigenvalue weighted by atomic mass is 35.5. The van der Waals surface area contributed by atoms with Gasteiger partial charge in [0.1, 0.15) is 6.20 Å². The van der Waals surface area contributed by atoms with E-state index in [1.165, 1.54) is 37.5 Å². The average molecular weight is 541 g/mol. The van der Waals surface area contributed by atoms with Crippen molar-refractivity contribution in [3.63, 3.8) is 0 Å². The summed E-state index contributed by atoms with van der Waals surface area (Å²) in [6.45, 7) is 9.36. The first-order valence-corrected chi connectivity index (χ1v) is 11.4. The molecule has 0 aliphatic rings. The lowest BCUT2D eigenvalue weighted by Gasteiger charge is -2.30. The van der Waals surface area contributed by atoms with Gasteiger partial charge in [0, 0.05) is 24.3 Å². The molecule has 0 fully saturated rings. The molecule has 2 aromatic rings. The number of non-ortho nitro benzene ring substituents is 2. The predicted octanol–water partition coefficient (Wildman–Crippen LogP) is 7.06. The summed E-state index contributed by atoms with van der Waals surface area (Å²) in [4.78, 5) is 30.9. The third-order valence-corrected chi connectivity index (χ3v) is 5.81. The van der Waals surface area contributed by atoms with E-state index in [0.29, 0.717) is 0 Å². The van der Waals surface area contributed by atoms with Gasteiger partial charge in [0.05, 0.1) is 52.7 Å². The Kier molecular flexibility index (Phi) is 12.4. The number of nitro benzene ring substituents is 2. The van der Waals surface area contributed by atoms with Gasteiger partial charge in [0.25, 0.3) is 11.4 Å². The van der Waals surface area contributed by atoms with Crippen LogP contribution in [0.25, 0.3) is 5.43 Å². The van der Waals surface area contributed by atoms with Crippen molar-refractivity contribution in [2.75, 3.05) is 26.7 Å². The summed E-state index contributed by atoms with van der Waals surface area (Å²) in [7, 11) is 1.39. The van der Waals surface area contributed by atoms with Gasteiger partial charge in [-0.25, -0.2) is 4.79 Å². The largest absolute Gasteiger partial charge is 0.466 e. The first-order valence-electron chi connectivity index (χ1n) is 10.6. The Balaban J connectivity index is 0.000000426. The highest BCUT2D eigenvalue weighted by Crippen LogP contribution is 2.34. The van der Waals surface area contributed by atoms with Crippen molar-refractivity contribution in [1.82, 2.24) is 0 Å². The van der Waals surface area contributed by atoms with E-state index in [9.17, 15) is 25.0 Å². The van der Waals surface area contributed by atoms with Crippen LogP contribution in [-0.4, -0.2) is 47.0 Å². The zero-order valence-electron chi connectivity index (χ0n) is 20.1. The first kappa shape index (κ1) is 30.4. The fourth-order valence-electron chi connectivity index (χ4n) is 2.77. The minimum atomic E-state index is -0.589. The maximum Gasteiger partial charge on any atom is 0.335 e. The van der Waals surface area contributed by atoms with Gasteiger partial charge in [-0.05, 0) is 44.3 Å². The van der Waals surface area contributed by atoms with Crippen LogP contribution in [0.3, 0.4) is 0 Å². The van der Waals surface area contributed by atoms with Gasteiger partial charge >= 0.3 is 5.97 Å². The fraction of sp³-hybridized carbons (Fsp3) is 0.318. The Labute approximate surface area is 218 Å². The van der Waals surface area contributed by atoms with E-state index >= 15 is 0 Å². The number of hydrogen-bond donors (Lipinski definition) is 0. The molecule has 0 aromatic heterocycles. The third kappa shape index (κ3) is 9.21. The molecule has 0 radical (unpaired) electrons. The van der Waals surface area contributed by atoms with E-state index in [1.807, 2.05) is 6.20 Å². The number of carbonyl (C=O) groups excluding carboxylic acids is 1. The lowest BCUT2D eigenvalue weighted by Crippen LogP contribution is -2.42. The van der Waals surface area contributed by atoms with Gasteiger partial charge in [0.2, 0.25) is 0 Å². The minimum absolute atomic E-state index is 0.0351. The Morgan fingerprint density at radius 3 is 1.97 bits per heavy atom. The number of benzene rings is 2. The zero-order chi connectivity index (χ0) is 27.3. The van der Waals surface area contributed by atoms with Crippen molar-refractivity contribution < 1.29 is 23.9 Å². The number of ether oxygens (including phenoxy) is 1. The molecule has 36 heavy (non-hydrogen) atoms. The smallest absolute Gasteiger partial charge is 0.335 e. The lowest BCUT2D eigenvalue weighted by atomic mass is 10.3. The first-order chi connectivity index (χ1) is 17.0. The van der Waals surface area contributed by atoms with Crippen LogP contribution in [0.15, 0.2) is 59.0 Å². The molecule has 0 unspecified atom stereocenters. The number of nitrogens with zero attached hydrogens (tertiary/aromatic N) is 6. The molecule has 12 nitrogen and oxygen atoms in total. The number of nitro groups is 2. The number of carbonyl (C=O) groups is 1. The molecular weight excluding hydrogens is 515 g/mol. The van der Waals surface area contributed by atoms with Crippen molar-refractivity contribution in [3.8, 4) is 0 Å². The van der Waals surface area contributed by atoms with Crippen LogP contribution >= 0.6 is 23.2 Å². The summed E-state index contributed by atoms with van der Waals surface area (Å²) in [5.41, 5.74) is 3.72. The summed E-state index contributed by atoms with van der Waals surface area (Å²) in [6.07, 6.45) is 3.43. The second-order valence-corrected chi connectivity index (χ2v) is 7.90. The van der Waals surface area contributed by atoms with Crippen LogP contribution < -0.4 is 0 Å². The quantitative estimate of drug-likeness (QED) is 0.0784. The molecule has 0 saturated carbocycles. The van der Waals surface area contributed by atoms with E-state index in [-0.39, 0.29) is 38.8 Å². The molecule has 0 amide bonds. The number of esters is 1. The topological polar surface area (TPSA) is 151 Å². The molecule has 0 bridgehead atoms. The van der Waals surface area contributed by atoms with Crippen LogP contribution in [0, 0.1) is 20.2 Å². The molecule has 0 N–H and O–H groups in total. The Bertz CT molecular complexity index is 1130. The summed E-state index contributed by atoms with van der Waals surface area (Å²) < 4.78 is 5.37. The number of quaternary nitrogens is 1. The van der Waals surface area contributed by atoms with E-state index in [4.69, 9.17) is 23.2 Å². The monoisotopic (exact) mass is 540 g/mol. The molecule has 2 rings (SSSR count). The van der Waals surface area contributed by atoms with Crippen molar-refractivity contribution in [2.45, 2.75) is 20.8 Å². The molecule has 0 saturated heterocycles. The summed E-state index contributed by atoms with van der Waals surface area (Å²) in [5, 5.41) is 28.5. The maximum absolute atomic E-state index is 10.9. The molecule has 194 valence electrons. The SMILES string of the molecule is CC[N+](/C=C/C(=O)OC)(CC)CC.O=[N+]([O-])c1ccc(N=N[N-]c2ccc([N+](=O)[O-])cc2Cl)c(Cl)c1. The van der Waals surface area contributed by atoms with Crippen molar-refractivity contribution >= 4 is 51.9 Å². The molecular formula is C22H26Cl2N6O6. The standard InChI is InChI=1S/C12H6Cl2N5O4.C10H20NO2/c13-9-5-7(18(20)21)1-3-11(9)15-17-16-12-4-2-8(19(22)23)6-10(12)14;1-5-11(6-2,7-3)9-8-10(12)13-4/h1-6H;8-9H,5-7H2,1-4H3/q-1;+1/b;9-8+. The second kappa shape index (κ2) is 14.7. The van der Waals surface area contributed by atoms with Crippen LogP contribution in [0.2, 0.25) is 10.0 Å². The maximum atomic E-state index is 10.9. The molecule has 0 aliphatic heterocycles. The Morgan fingerprint density at radius 2 is 1.53 bits per heavy atom. The zero-order valence-corrected chi connectivity index (χ0v) is 21.6. The fourth-order valence-corrected chi connectivity index (χ4v) is 3.20. The molecule has 0 atom stereocenters. The molecule has 0 heterocycles. The van der Waals surface area contributed by atoms with Crippen LogP contribution in [0.5, 0.6) is 0 Å². The summed E-state index contributed by atoms with van der Waals surface area (Å²) in [6, 6.07) is 7.34. The number of halogens is 2. The van der Waals surface area contributed by atoms with E-state index in [1.54, 1.807) is 0 Å². The molecule has 0 spiro atoms. The van der Waals surface area contributed by atoms with Gasteiger partial charge < -0.3 is 15.3 Å². The van der Waals surface area contributed by atoms with Crippen molar-refractivity contribution in [1.29, 1.82) is 0 Å². The van der Waals surface area contributed by atoms with Gasteiger partial charge in [-0.15, -0.1) is 0 Å². The number of hydrogen-bond acceptors (Lipinski definition) is 8. The Hall–Kier alpha value is -3.61. The molecule has 2 aromatic carbocycles. The van der Waals surface area contributed by atoms with Crippen LogP contribution in [0.4, 0.5) is 22.7 Å². The van der Waals surface area contributed by atoms with Crippen molar-refractivity contribution in [3.05, 3.63) is 84.4 Å². The van der Waals surface area contributed by atoms with Crippen molar-refractivity contribution in [2.24, 2.45) is 10.3 Å². The van der Waals surface area contributed by atoms with E-state index in [2.05, 4.69) is 41.3 Å². The number of methoxy groups -OCH3 is 1.